The van der Waals surface area contributed by atoms with Crippen molar-refractivity contribution in [2.45, 2.75) is 26.7 Å². The third-order valence-corrected chi connectivity index (χ3v) is 3.78. The lowest BCUT2D eigenvalue weighted by Crippen LogP contribution is -2.43. The molecule has 0 N–H and O–H groups in total. The number of nitrogens with zero attached hydrogens (tertiary/aromatic N) is 1. The lowest BCUT2D eigenvalue weighted by atomic mass is 9.99. The van der Waals surface area contributed by atoms with Gasteiger partial charge in [0, 0.05) is 19.7 Å². The Morgan fingerprint density at radius 1 is 1.43 bits per heavy atom. The van der Waals surface area contributed by atoms with Gasteiger partial charge in [-0.05, 0) is 50.3 Å². The maximum atomic E-state index is 12.2. The van der Waals surface area contributed by atoms with Crippen molar-refractivity contribution in [1.29, 1.82) is 0 Å². The second-order valence-corrected chi connectivity index (χ2v) is 5.61. The Morgan fingerprint density at radius 2 is 2.29 bits per heavy atom. The fourth-order valence-electron chi connectivity index (χ4n) is 2.65. The summed E-state index contributed by atoms with van der Waals surface area (Å²) in [6.07, 6.45) is 2.19. The summed E-state index contributed by atoms with van der Waals surface area (Å²) in [5.41, 5.74) is 1.13. The molecule has 1 aliphatic rings. The number of piperidine rings is 1. The summed E-state index contributed by atoms with van der Waals surface area (Å²) < 4.78 is 11.1. The molecule has 116 valence electrons. The predicted octanol–water partition coefficient (Wildman–Crippen LogP) is 2.65. The quantitative estimate of drug-likeness (QED) is 0.809. The van der Waals surface area contributed by atoms with Gasteiger partial charge >= 0.3 is 0 Å². The molecular weight excluding hydrogens is 266 g/mol. The van der Waals surface area contributed by atoms with Crippen molar-refractivity contribution >= 4 is 5.91 Å². The molecule has 1 fully saturated rings. The van der Waals surface area contributed by atoms with E-state index >= 15 is 0 Å². The van der Waals surface area contributed by atoms with Crippen molar-refractivity contribution in [3.8, 4) is 5.75 Å². The Bertz CT molecular complexity index is 461. The average Bonchev–Trinajstić information content (AvgIpc) is 2.51. The van der Waals surface area contributed by atoms with Crippen LogP contribution >= 0.6 is 0 Å². The summed E-state index contributed by atoms with van der Waals surface area (Å²) >= 11 is 0. The molecule has 1 unspecified atom stereocenters. The number of amides is 1. The molecule has 0 spiro atoms. The van der Waals surface area contributed by atoms with Crippen LogP contribution in [0.15, 0.2) is 24.3 Å². The summed E-state index contributed by atoms with van der Waals surface area (Å²) in [6.45, 7) is 7.23. The summed E-state index contributed by atoms with van der Waals surface area (Å²) in [5.74, 6) is 1.28. The van der Waals surface area contributed by atoms with Crippen LogP contribution in [-0.2, 0) is 9.53 Å². The molecule has 1 atom stereocenters. The summed E-state index contributed by atoms with van der Waals surface area (Å²) in [5, 5.41) is 0. The van der Waals surface area contributed by atoms with Gasteiger partial charge in [-0.2, -0.15) is 0 Å². The minimum atomic E-state index is 0.0673. The Balaban J connectivity index is 1.79. The molecule has 0 aromatic heterocycles. The first-order chi connectivity index (χ1) is 10.2. The Labute approximate surface area is 127 Å². The van der Waals surface area contributed by atoms with Crippen LogP contribution in [0.3, 0.4) is 0 Å². The fraction of sp³-hybridized carbons (Fsp3) is 0.588. The summed E-state index contributed by atoms with van der Waals surface area (Å²) in [4.78, 5) is 14.1. The van der Waals surface area contributed by atoms with Crippen LogP contribution in [0.2, 0.25) is 0 Å². The number of ether oxygens (including phenoxy) is 2. The first-order valence-corrected chi connectivity index (χ1v) is 7.74. The van der Waals surface area contributed by atoms with E-state index in [0.717, 1.165) is 50.5 Å². The SMILES string of the molecule is CCOCC1CCCN(C(=O)COc2cccc(C)c2)C1. The monoisotopic (exact) mass is 291 g/mol. The zero-order chi connectivity index (χ0) is 15.1. The number of carbonyl (C=O) groups excluding carboxylic acids is 1. The van der Waals surface area contributed by atoms with Gasteiger partial charge in [0.2, 0.25) is 0 Å². The van der Waals surface area contributed by atoms with E-state index in [0.29, 0.717) is 5.92 Å². The van der Waals surface area contributed by atoms with Crippen LogP contribution in [0.4, 0.5) is 0 Å². The van der Waals surface area contributed by atoms with Crippen molar-refractivity contribution in [2.75, 3.05) is 32.9 Å². The molecular formula is C17H25NO3. The summed E-state index contributed by atoms with van der Waals surface area (Å²) in [6, 6.07) is 7.78. The van der Waals surface area contributed by atoms with Crippen LogP contribution in [0.1, 0.15) is 25.3 Å². The van der Waals surface area contributed by atoms with Crippen LogP contribution in [0, 0.1) is 12.8 Å². The number of rotatable bonds is 6. The highest BCUT2D eigenvalue weighted by molar-refractivity contribution is 5.77. The van der Waals surface area contributed by atoms with Crippen LogP contribution < -0.4 is 4.74 Å². The molecule has 0 radical (unpaired) electrons. The highest BCUT2D eigenvalue weighted by Crippen LogP contribution is 2.18. The molecule has 2 rings (SSSR count). The summed E-state index contributed by atoms with van der Waals surface area (Å²) in [7, 11) is 0. The average molecular weight is 291 g/mol. The van der Waals surface area contributed by atoms with Crippen LogP contribution in [-0.4, -0.2) is 43.7 Å². The molecule has 4 heteroatoms. The van der Waals surface area contributed by atoms with E-state index in [1.165, 1.54) is 0 Å². The van der Waals surface area contributed by atoms with Crippen molar-refractivity contribution in [2.24, 2.45) is 5.92 Å². The van der Waals surface area contributed by atoms with Gasteiger partial charge in [0.05, 0.1) is 6.61 Å². The van der Waals surface area contributed by atoms with E-state index in [4.69, 9.17) is 9.47 Å². The zero-order valence-electron chi connectivity index (χ0n) is 13.0. The topological polar surface area (TPSA) is 38.8 Å². The van der Waals surface area contributed by atoms with Gasteiger partial charge in [-0.15, -0.1) is 0 Å². The van der Waals surface area contributed by atoms with Gasteiger partial charge in [-0.25, -0.2) is 0 Å². The number of hydrogen-bond acceptors (Lipinski definition) is 3. The van der Waals surface area contributed by atoms with Crippen LogP contribution in [0.5, 0.6) is 5.75 Å². The van der Waals surface area contributed by atoms with E-state index in [1.807, 2.05) is 43.0 Å². The third-order valence-electron chi connectivity index (χ3n) is 3.78. The predicted molar refractivity (Wildman–Crippen MR) is 82.5 cm³/mol. The van der Waals surface area contributed by atoms with E-state index in [9.17, 15) is 4.79 Å². The molecule has 21 heavy (non-hydrogen) atoms. The van der Waals surface area contributed by atoms with E-state index < -0.39 is 0 Å². The molecule has 1 amide bonds. The second-order valence-electron chi connectivity index (χ2n) is 5.61. The van der Waals surface area contributed by atoms with E-state index in [-0.39, 0.29) is 12.5 Å². The fourth-order valence-corrected chi connectivity index (χ4v) is 2.65. The van der Waals surface area contributed by atoms with E-state index in [2.05, 4.69) is 0 Å². The maximum Gasteiger partial charge on any atom is 0.260 e. The zero-order valence-corrected chi connectivity index (χ0v) is 13.0. The van der Waals surface area contributed by atoms with Crippen molar-refractivity contribution < 1.29 is 14.3 Å². The van der Waals surface area contributed by atoms with Crippen molar-refractivity contribution in [1.82, 2.24) is 4.90 Å². The van der Waals surface area contributed by atoms with Crippen LogP contribution in [0.25, 0.3) is 0 Å². The second kappa shape index (κ2) is 8.03. The molecule has 0 saturated carbocycles. The van der Waals surface area contributed by atoms with E-state index in [1.54, 1.807) is 0 Å². The number of benzene rings is 1. The Kier molecular flexibility index (Phi) is 6.05. The molecule has 1 aromatic rings. The lowest BCUT2D eigenvalue weighted by molar-refractivity contribution is -0.135. The molecule has 0 bridgehead atoms. The number of aryl methyl sites for hydroxylation is 1. The number of hydrogen-bond donors (Lipinski definition) is 0. The standard InChI is InChI=1S/C17H25NO3/c1-3-20-12-15-7-5-9-18(11-15)17(19)13-21-16-8-4-6-14(2)10-16/h4,6,8,10,15H,3,5,7,9,11-13H2,1-2H3. The smallest absolute Gasteiger partial charge is 0.260 e. The number of likely N-dealkylation sites (tertiary alicyclic amines) is 1. The maximum absolute atomic E-state index is 12.2. The molecule has 1 saturated heterocycles. The highest BCUT2D eigenvalue weighted by atomic mass is 16.5. The van der Waals surface area contributed by atoms with Gasteiger partial charge < -0.3 is 14.4 Å². The lowest BCUT2D eigenvalue weighted by Gasteiger charge is -2.32. The minimum Gasteiger partial charge on any atom is -0.484 e. The van der Waals surface area contributed by atoms with Gasteiger partial charge in [-0.3, -0.25) is 4.79 Å². The Morgan fingerprint density at radius 3 is 3.05 bits per heavy atom. The van der Waals surface area contributed by atoms with Crippen molar-refractivity contribution in [3.63, 3.8) is 0 Å². The Hall–Kier alpha value is -1.55. The number of carbonyl (C=O) groups is 1. The van der Waals surface area contributed by atoms with Gasteiger partial charge in [0.1, 0.15) is 5.75 Å². The minimum absolute atomic E-state index is 0.0673. The molecule has 0 aliphatic carbocycles. The van der Waals surface area contributed by atoms with Gasteiger partial charge in [0.15, 0.2) is 6.61 Å². The largest absolute Gasteiger partial charge is 0.484 e. The third kappa shape index (κ3) is 5.05. The molecule has 1 aliphatic heterocycles. The molecule has 1 aromatic carbocycles. The molecule has 1 heterocycles. The first-order valence-electron chi connectivity index (χ1n) is 7.74. The highest BCUT2D eigenvalue weighted by Gasteiger charge is 2.23. The first kappa shape index (κ1) is 15.8. The van der Waals surface area contributed by atoms with Gasteiger partial charge in [-0.1, -0.05) is 12.1 Å². The molecule has 4 nitrogen and oxygen atoms in total. The van der Waals surface area contributed by atoms with Gasteiger partial charge in [0.25, 0.3) is 5.91 Å². The normalized spacial score (nSPS) is 18.6. The van der Waals surface area contributed by atoms with Crippen molar-refractivity contribution in [3.05, 3.63) is 29.8 Å².